The van der Waals surface area contributed by atoms with E-state index in [1.54, 1.807) is 0 Å². The summed E-state index contributed by atoms with van der Waals surface area (Å²) in [6.07, 6.45) is 0.919. The second kappa shape index (κ2) is 12.3. The van der Waals surface area contributed by atoms with E-state index in [2.05, 4.69) is 36.3 Å². The van der Waals surface area contributed by atoms with Crippen molar-refractivity contribution < 1.29 is 49.7 Å². The van der Waals surface area contributed by atoms with E-state index in [9.17, 15) is 4.79 Å². The predicted octanol–water partition coefficient (Wildman–Crippen LogP) is -1.50. The van der Waals surface area contributed by atoms with Gasteiger partial charge in [-0.2, -0.15) is 0 Å². The summed E-state index contributed by atoms with van der Waals surface area (Å²) in [5.41, 5.74) is 3.05. The van der Waals surface area contributed by atoms with Gasteiger partial charge in [-0.15, -0.1) is 0 Å². The summed E-state index contributed by atoms with van der Waals surface area (Å²) in [6.45, 7) is 7.68. The molecule has 1 aromatic heterocycles. The minimum absolute atomic E-state index is 0.0352. The molecular formula is C22H28N4O9. The maximum atomic E-state index is 12.4. The molecule has 6 N–H and O–H groups in total. The number of carboxylic acids is 4. The van der Waals surface area contributed by atoms with Crippen LogP contribution in [0.15, 0.2) is 24.3 Å². The van der Waals surface area contributed by atoms with Crippen molar-refractivity contribution in [1.82, 2.24) is 4.98 Å². The molecule has 0 saturated carbocycles. The van der Waals surface area contributed by atoms with Gasteiger partial charge in [-0.1, -0.05) is 18.2 Å². The van der Waals surface area contributed by atoms with Crippen LogP contribution in [-0.2, 0) is 30.4 Å². The van der Waals surface area contributed by atoms with Gasteiger partial charge in [-0.05, 0) is 33.3 Å². The molecule has 190 valence electrons. The lowest BCUT2D eigenvalue weighted by Gasteiger charge is -2.18. The Hall–Kier alpha value is -4.26. The zero-order valence-electron chi connectivity index (χ0n) is 19.7. The van der Waals surface area contributed by atoms with Gasteiger partial charge in [0.2, 0.25) is 0 Å². The zero-order chi connectivity index (χ0) is 26.9. The quantitative estimate of drug-likeness (QED) is 0.311. The summed E-state index contributed by atoms with van der Waals surface area (Å²) < 4.78 is 0. The van der Waals surface area contributed by atoms with Crippen LogP contribution < -0.4 is 20.6 Å². The molecular weight excluding hydrogens is 464 g/mol. The largest absolute Gasteiger partial charge is 0.539 e. The summed E-state index contributed by atoms with van der Waals surface area (Å²) >= 11 is 0. The van der Waals surface area contributed by atoms with Gasteiger partial charge in [0.1, 0.15) is 5.82 Å². The molecule has 35 heavy (non-hydrogen) atoms. The molecule has 2 aromatic rings. The van der Waals surface area contributed by atoms with Crippen molar-refractivity contribution in [2.45, 2.75) is 32.7 Å². The summed E-state index contributed by atoms with van der Waals surface area (Å²) in [7, 11) is 2.05. The molecule has 1 aliphatic rings. The van der Waals surface area contributed by atoms with Gasteiger partial charge in [0.05, 0.1) is 16.7 Å². The first-order valence-electron chi connectivity index (χ1n) is 10.3. The van der Waals surface area contributed by atoms with Crippen LogP contribution in [0.1, 0.15) is 26.3 Å². The Labute approximate surface area is 200 Å². The fraction of sp³-hybridized carbons (Fsp3) is 0.364. The number of fused-ring (bicyclic) bond motifs is 2. The Morgan fingerprint density at radius 3 is 2.09 bits per heavy atom. The number of aromatic nitrogens is 1. The fourth-order valence-electron chi connectivity index (χ4n) is 2.91. The molecule has 3 rings (SSSR count). The highest BCUT2D eigenvalue weighted by Gasteiger charge is 2.25. The highest BCUT2D eigenvalue weighted by atomic mass is 16.4. The van der Waals surface area contributed by atoms with Crippen molar-refractivity contribution in [3.8, 4) is 0 Å². The first-order valence-corrected chi connectivity index (χ1v) is 10.3. The third kappa shape index (κ3) is 9.25. The number of para-hydroxylation sites is 1. The van der Waals surface area contributed by atoms with Gasteiger partial charge in [0.15, 0.2) is 12.5 Å². The average molecular weight is 492 g/mol. The number of anilines is 2. The van der Waals surface area contributed by atoms with Crippen LogP contribution in [0.3, 0.4) is 0 Å². The molecule has 0 spiro atoms. The minimum atomic E-state index is -2.07. The Morgan fingerprint density at radius 2 is 1.60 bits per heavy atom. The number of likely N-dealkylation sites (N-methyl/N-ethyl adjacent to an activating group) is 1. The molecule has 0 fully saturated rings. The van der Waals surface area contributed by atoms with Gasteiger partial charge in [-0.25, -0.2) is 19.4 Å². The predicted molar refractivity (Wildman–Crippen MR) is 122 cm³/mol. The van der Waals surface area contributed by atoms with Gasteiger partial charge >= 0.3 is 17.9 Å². The smallest absolute Gasteiger partial charge is 0.414 e. The molecule has 0 atom stereocenters. The van der Waals surface area contributed by atoms with E-state index in [-0.39, 0.29) is 11.4 Å². The van der Waals surface area contributed by atoms with Crippen LogP contribution in [-0.4, -0.2) is 75.8 Å². The molecule has 13 heteroatoms. The summed E-state index contributed by atoms with van der Waals surface area (Å²) in [5.74, 6) is -6.64. The van der Waals surface area contributed by atoms with E-state index < -0.39 is 23.9 Å². The molecule has 2 heterocycles. The Balaban J connectivity index is 0.000000425. The topological polar surface area (TPSA) is 214 Å². The summed E-state index contributed by atoms with van der Waals surface area (Å²) in [5, 5.41) is 37.3. The molecule has 0 bridgehead atoms. The van der Waals surface area contributed by atoms with E-state index in [0.717, 1.165) is 40.9 Å². The number of amides is 1. The van der Waals surface area contributed by atoms with Crippen LogP contribution in [0.25, 0.3) is 10.9 Å². The molecule has 1 aliphatic heterocycles. The normalized spacial score (nSPS) is 11.8. The standard InChI is InChI=1S/C18H24N4O.2C2H2O4/c1-18(2,3)19-11-15(23)21-16-12-7-5-6-8-14(12)20-17-13(16)9-10-22(17)4;2*3-1(4)2(5)6/h5-8,19H,9-11H2,1-4H3,(H,20,21,23);2*(H,3,4)(H,5,6). The van der Waals surface area contributed by atoms with Gasteiger partial charge in [0, 0.05) is 24.5 Å². The highest BCUT2D eigenvalue weighted by Crippen LogP contribution is 2.36. The minimum Gasteiger partial charge on any atom is -0.539 e. The number of hydrogen-bond donors (Lipinski definition) is 5. The molecule has 0 aliphatic carbocycles. The molecule has 0 unspecified atom stereocenters. The second-order valence-electron chi connectivity index (χ2n) is 8.50. The van der Waals surface area contributed by atoms with Gasteiger partial charge < -0.3 is 40.8 Å². The highest BCUT2D eigenvalue weighted by molar-refractivity contribution is 6.27. The Kier molecular flexibility index (Phi) is 10.1. The van der Waals surface area contributed by atoms with E-state index in [1.165, 1.54) is 0 Å². The maximum Gasteiger partial charge on any atom is 0.414 e. The van der Waals surface area contributed by atoms with Crippen LogP contribution in [0, 0.1) is 0 Å². The van der Waals surface area contributed by atoms with Crippen molar-refractivity contribution in [3.63, 3.8) is 0 Å². The number of nitrogens with one attached hydrogen (secondary N) is 1. The molecule has 1 amide bonds. The number of aliphatic carboxylic acids is 4. The lowest BCUT2D eigenvalue weighted by atomic mass is 10.1. The first kappa shape index (κ1) is 28.8. The van der Waals surface area contributed by atoms with E-state index in [0.29, 0.717) is 6.54 Å². The number of carbonyl (C=O) groups is 5. The number of rotatable bonds is 3. The van der Waals surface area contributed by atoms with Crippen LogP contribution in [0.2, 0.25) is 0 Å². The third-order valence-corrected chi connectivity index (χ3v) is 4.55. The Morgan fingerprint density at radius 1 is 1.06 bits per heavy atom. The Bertz CT molecular complexity index is 1080. The zero-order valence-corrected chi connectivity index (χ0v) is 19.7. The van der Waals surface area contributed by atoms with E-state index >= 15 is 0 Å². The van der Waals surface area contributed by atoms with Crippen LogP contribution in [0.4, 0.5) is 11.5 Å². The van der Waals surface area contributed by atoms with Crippen LogP contribution in [0.5, 0.6) is 0 Å². The number of quaternary nitrogens is 1. The van der Waals surface area contributed by atoms with Crippen molar-refractivity contribution in [3.05, 3.63) is 29.8 Å². The number of nitrogens with two attached hydrogens (primary N) is 1. The lowest BCUT2D eigenvalue weighted by Crippen LogP contribution is -2.95. The molecule has 0 saturated heterocycles. The third-order valence-electron chi connectivity index (χ3n) is 4.55. The van der Waals surface area contributed by atoms with E-state index in [4.69, 9.17) is 44.6 Å². The average Bonchev–Trinajstić information content (AvgIpc) is 3.13. The van der Waals surface area contributed by atoms with Crippen molar-refractivity contribution in [2.24, 2.45) is 0 Å². The number of hydrogen-bond acceptors (Lipinski definition) is 8. The summed E-state index contributed by atoms with van der Waals surface area (Å²) in [6, 6.07) is 8.00. The van der Waals surface area contributed by atoms with Crippen molar-refractivity contribution in [1.29, 1.82) is 0 Å². The molecule has 1 aromatic carbocycles. The monoisotopic (exact) mass is 492 g/mol. The maximum absolute atomic E-state index is 12.4. The molecule has 13 nitrogen and oxygen atoms in total. The van der Waals surface area contributed by atoms with Crippen molar-refractivity contribution >= 4 is 52.2 Å². The van der Waals surface area contributed by atoms with Gasteiger partial charge in [-0.3, -0.25) is 4.79 Å². The first-order chi connectivity index (χ1) is 16.1. The summed E-state index contributed by atoms with van der Waals surface area (Å²) in [4.78, 5) is 55.5. The fourth-order valence-corrected chi connectivity index (χ4v) is 2.91. The SMILES string of the molecule is CN1CCc2c1nc1ccccc1c2NC(=O)C[NH2+]C(C)(C)C.O=C(O)C(=O)O.O=C([O-])C(=O)O. The number of nitrogens with zero attached hydrogens (tertiary/aromatic N) is 2. The van der Waals surface area contributed by atoms with Gasteiger partial charge in [0.25, 0.3) is 5.91 Å². The lowest BCUT2D eigenvalue weighted by molar-refractivity contribution is -0.707. The van der Waals surface area contributed by atoms with Crippen molar-refractivity contribution in [2.75, 3.05) is 30.4 Å². The second-order valence-corrected chi connectivity index (χ2v) is 8.50. The number of pyridine rings is 1. The molecule has 0 radical (unpaired) electrons. The number of carbonyl (C=O) groups excluding carboxylic acids is 2. The number of benzene rings is 1. The van der Waals surface area contributed by atoms with Crippen LogP contribution >= 0.6 is 0 Å². The number of carboxylic acid groups (broad SMARTS) is 4. The van der Waals surface area contributed by atoms with E-state index in [1.807, 2.05) is 31.3 Å².